The molecule has 8 heteroatoms. The highest BCUT2D eigenvalue weighted by Crippen LogP contribution is 2.73. The molecular formula is C48H72N4O4. The molecule has 1 aromatic rings. The van der Waals surface area contributed by atoms with E-state index in [-0.39, 0.29) is 46.5 Å². The molecule has 0 saturated heterocycles. The molecular weight excluding hydrogens is 697 g/mol. The minimum Gasteiger partial charge on any atom is -0.393 e. The number of fused-ring (bicyclic) bond motifs is 7. The summed E-state index contributed by atoms with van der Waals surface area (Å²) in [5.41, 5.74) is 2.80. The summed E-state index contributed by atoms with van der Waals surface area (Å²) in [6, 6.07) is 7.69. The average molecular weight is 769 g/mol. The number of hydrogen-bond acceptors (Lipinski definition) is 5. The van der Waals surface area contributed by atoms with Crippen molar-refractivity contribution in [3.05, 3.63) is 71.8 Å². The Labute approximate surface area is 337 Å². The third-order valence-electron chi connectivity index (χ3n) is 16.1. The lowest BCUT2D eigenvalue weighted by molar-refractivity contribution is -0.214. The Kier molecular flexibility index (Phi) is 13.1. The molecule has 9 atom stereocenters. The average Bonchev–Trinajstić information content (AvgIpc) is 3.61. The van der Waals surface area contributed by atoms with Gasteiger partial charge in [-0.3, -0.25) is 14.4 Å². The van der Waals surface area contributed by atoms with Gasteiger partial charge in [-0.15, -0.1) is 0 Å². The van der Waals surface area contributed by atoms with Crippen molar-refractivity contribution in [3.63, 3.8) is 0 Å². The number of likely N-dealkylation sites (N-methyl/N-ethyl adjacent to an activating group) is 1. The molecule has 5 aliphatic carbocycles. The summed E-state index contributed by atoms with van der Waals surface area (Å²) in [5.74, 6) is 3.13. The monoisotopic (exact) mass is 769 g/mol. The van der Waals surface area contributed by atoms with Crippen LogP contribution in [0, 0.1) is 51.2 Å². The molecule has 4 N–H and O–H groups in total. The van der Waals surface area contributed by atoms with Gasteiger partial charge in [0.25, 0.3) is 5.91 Å². The molecule has 0 spiro atoms. The van der Waals surface area contributed by atoms with Crippen LogP contribution in [0.3, 0.4) is 0 Å². The fourth-order valence-electron chi connectivity index (χ4n) is 13.4. The number of aliphatic hydroxyl groups excluding tert-OH is 1. The second kappa shape index (κ2) is 17.3. The molecule has 5 saturated carbocycles. The molecule has 5 aliphatic rings. The summed E-state index contributed by atoms with van der Waals surface area (Å²) in [5, 5.41) is 20.3. The number of nitrogens with zero attached hydrogens (tertiary/aromatic N) is 1. The largest absolute Gasteiger partial charge is 0.393 e. The van der Waals surface area contributed by atoms with E-state index in [1.54, 1.807) is 12.2 Å². The quantitative estimate of drug-likeness (QED) is 0.146. The maximum atomic E-state index is 14.3. The maximum Gasteiger partial charge on any atom is 0.251 e. The zero-order valence-electron chi connectivity index (χ0n) is 35.4. The highest BCUT2D eigenvalue weighted by molar-refractivity contribution is 5.94. The molecule has 0 radical (unpaired) electrons. The lowest BCUT2D eigenvalue weighted by Gasteiger charge is -2.69. The molecule has 0 aromatic heterocycles. The smallest absolute Gasteiger partial charge is 0.251 e. The summed E-state index contributed by atoms with van der Waals surface area (Å²) in [6.07, 6.45) is 20.5. The number of rotatable bonds is 14. The molecule has 3 amide bonds. The lowest BCUT2D eigenvalue weighted by atomic mass is 9.36. The summed E-state index contributed by atoms with van der Waals surface area (Å²) in [6.45, 7) is 15.9. The first kappa shape index (κ1) is 42.4. The fraction of sp³-hybridized carbons (Fsp3) is 0.688. The van der Waals surface area contributed by atoms with Crippen molar-refractivity contribution < 1.29 is 19.5 Å². The van der Waals surface area contributed by atoms with E-state index >= 15 is 0 Å². The van der Waals surface area contributed by atoms with E-state index in [9.17, 15) is 19.5 Å². The second-order valence-electron chi connectivity index (χ2n) is 19.7. The van der Waals surface area contributed by atoms with Crippen LogP contribution in [-0.4, -0.2) is 74.1 Å². The lowest BCUT2D eigenvalue weighted by Crippen LogP contribution is -2.63. The topological polar surface area (TPSA) is 111 Å². The van der Waals surface area contributed by atoms with Crippen LogP contribution >= 0.6 is 0 Å². The van der Waals surface area contributed by atoms with E-state index in [1.165, 1.54) is 32.1 Å². The number of carbonyl (C=O) groups is 3. The van der Waals surface area contributed by atoms with Gasteiger partial charge in [0.15, 0.2) is 0 Å². The molecule has 0 aliphatic heterocycles. The first-order chi connectivity index (χ1) is 26.7. The van der Waals surface area contributed by atoms with Gasteiger partial charge >= 0.3 is 0 Å². The molecule has 5 fully saturated rings. The van der Waals surface area contributed by atoms with Gasteiger partial charge < -0.3 is 26.0 Å². The van der Waals surface area contributed by atoms with Crippen LogP contribution in [0.25, 0.3) is 0 Å². The van der Waals surface area contributed by atoms with Crippen LogP contribution in [0.5, 0.6) is 0 Å². The van der Waals surface area contributed by atoms with Crippen LogP contribution in [0.1, 0.15) is 121 Å². The molecule has 6 rings (SSSR count). The van der Waals surface area contributed by atoms with Crippen LogP contribution in [0.15, 0.2) is 60.7 Å². The van der Waals surface area contributed by atoms with E-state index in [4.69, 9.17) is 0 Å². The minimum atomic E-state index is -0.245. The van der Waals surface area contributed by atoms with Gasteiger partial charge in [0.1, 0.15) is 0 Å². The van der Waals surface area contributed by atoms with Crippen molar-refractivity contribution in [3.8, 4) is 0 Å². The van der Waals surface area contributed by atoms with E-state index < -0.39 is 0 Å². The van der Waals surface area contributed by atoms with Gasteiger partial charge in [0, 0.05) is 38.2 Å². The number of aliphatic hydroxyl groups is 1. The fourth-order valence-corrected chi connectivity index (χ4v) is 13.4. The molecule has 9 unspecified atom stereocenters. The van der Waals surface area contributed by atoms with E-state index in [1.807, 2.05) is 55.4 Å². The SMILES string of the molecule is C=C/C=C(\C=C/CC(=O)NCCN(C)C)CNC(=O)c1cccc(CCNC(=O)C23CCCC2C2CCC4C(C)(CCC5C(C)(C)C(O)CCC54C)C2CC3)c1. The van der Waals surface area contributed by atoms with E-state index in [0.29, 0.717) is 66.6 Å². The molecule has 8 nitrogen and oxygen atoms in total. The Morgan fingerprint density at radius 3 is 2.43 bits per heavy atom. The standard InChI is InChI=1S/C48H72N4O4/c1-8-12-34(14-10-17-42(54)49-29-30-52(6)7)32-51-43(55)35-15-9-13-33(31-35)23-28-50-44(56)48-24-11-16-38(48)36-18-19-40-46(4,37(36)20-27-48)25-21-39-45(2,3)41(53)22-26-47(39,40)5/h8-10,12-15,31,36-41,53H,1,11,16-30,32H2,2-7H3,(H,49,54)(H,50,56)(H,51,55)/b14-10-,34-12+. The molecule has 56 heavy (non-hydrogen) atoms. The van der Waals surface area contributed by atoms with Crippen LogP contribution < -0.4 is 16.0 Å². The third kappa shape index (κ3) is 8.34. The van der Waals surface area contributed by atoms with Crippen molar-refractivity contribution in [2.75, 3.05) is 40.3 Å². The number of amides is 3. The number of allylic oxidation sites excluding steroid dienone is 2. The van der Waals surface area contributed by atoms with Gasteiger partial charge in [0.05, 0.1) is 11.5 Å². The van der Waals surface area contributed by atoms with Crippen molar-refractivity contribution >= 4 is 17.7 Å². The van der Waals surface area contributed by atoms with Crippen molar-refractivity contribution in [2.24, 2.45) is 51.2 Å². The summed E-state index contributed by atoms with van der Waals surface area (Å²) in [4.78, 5) is 41.6. The first-order valence-corrected chi connectivity index (χ1v) is 21.9. The Morgan fingerprint density at radius 2 is 1.66 bits per heavy atom. The van der Waals surface area contributed by atoms with Crippen LogP contribution in [0.2, 0.25) is 0 Å². The van der Waals surface area contributed by atoms with Crippen molar-refractivity contribution in [1.82, 2.24) is 20.9 Å². The Morgan fingerprint density at radius 1 is 0.875 bits per heavy atom. The zero-order chi connectivity index (χ0) is 40.3. The molecule has 0 bridgehead atoms. The second-order valence-corrected chi connectivity index (χ2v) is 19.7. The summed E-state index contributed by atoms with van der Waals surface area (Å²) < 4.78 is 0. The van der Waals surface area contributed by atoms with Gasteiger partial charge in [-0.2, -0.15) is 0 Å². The highest BCUT2D eigenvalue weighted by atomic mass is 16.3. The van der Waals surface area contributed by atoms with E-state index in [0.717, 1.165) is 56.2 Å². The molecule has 308 valence electrons. The van der Waals surface area contributed by atoms with Gasteiger partial charge in [-0.25, -0.2) is 0 Å². The van der Waals surface area contributed by atoms with E-state index in [2.05, 4.69) is 50.2 Å². The van der Waals surface area contributed by atoms with Crippen LogP contribution in [-0.2, 0) is 16.0 Å². The normalized spacial score (nSPS) is 34.8. The number of benzene rings is 1. The predicted molar refractivity (Wildman–Crippen MR) is 226 cm³/mol. The zero-order valence-corrected chi connectivity index (χ0v) is 35.4. The Bertz CT molecular complexity index is 1670. The van der Waals surface area contributed by atoms with Crippen molar-refractivity contribution in [2.45, 2.75) is 117 Å². The highest BCUT2D eigenvalue weighted by Gasteiger charge is 2.67. The Balaban J connectivity index is 1.01. The van der Waals surface area contributed by atoms with Gasteiger partial charge in [-0.1, -0.05) is 77.1 Å². The number of hydrogen-bond donors (Lipinski definition) is 4. The molecule has 0 heterocycles. The number of carbonyl (C=O) groups excluding carboxylic acids is 3. The summed E-state index contributed by atoms with van der Waals surface area (Å²) >= 11 is 0. The summed E-state index contributed by atoms with van der Waals surface area (Å²) in [7, 11) is 3.94. The van der Waals surface area contributed by atoms with Crippen molar-refractivity contribution in [1.29, 1.82) is 0 Å². The van der Waals surface area contributed by atoms with Gasteiger partial charge in [0.2, 0.25) is 11.8 Å². The first-order valence-electron chi connectivity index (χ1n) is 21.9. The predicted octanol–water partition coefficient (Wildman–Crippen LogP) is 7.64. The third-order valence-corrected chi connectivity index (χ3v) is 16.1. The van der Waals surface area contributed by atoms with Gasteiger partial charge in [-0.05, 0) is 154 Å². The van der Waals surface area contributed by atoms with Crippen LogP contribution in [0.4, 0.5) is 0 Å². The Hall–Kier alpha value is -3.23. The minimum absolute atomic E-state index is 0.0251. The number of nitrogens with one attached hydrogen (secondary N) is 3. The molecule has 1 aromatic carbocycles. The maximum absolute atomic E-state index is 14.3.